The van der Waals surface area contributed by atoms with Crippen molar-refractivity contribution < 1.29 is 0 Å². The summed E-state index contributed by atoms with van der Waals surface area (Å²) in [5.41, 5.74) is 1.10. The molecular formula is C5H5N3S. The van der Waals surface area contributed by atoms with Gasteiger partial charge in [0.1, 0.15) is 11.7 Å². The number of aliphatic imine (C=N–C) groups is 1. The summed E-state index contributed by atoms with van der Waals surface area (Å²) in [4.78, 5) is 4.02. The lowest BCUT2D eigenvalue weighted by atomic mass is 10.3. The molecular weight excluding hydrogens is 134 g/mol. The molecule has 0 bridgehead atoms. The van der Waals surface area contributed by atoms with Crippen molar-refractivity contribution in [1.29, 1.82) is 0 Å². The van der Waals surface area contributed by atoms with Crippen LogP contribution in [-0.2, 0) is 0 Å². The van der Waals surface area contributed by atoms with E-state index in [1.54, 1.807) is 0 Å². The van der Waals surface area contributed by atoms with E-state index < -0.39 is 0 Å². The summed E-state index contributed by atoms with van der Waals surface area (Å²) < 4.78 is 3.99. The highest BCUT2D eigenvalue weighted by Gasteiger charge is 2.04. The Morgan fingerprint density at radius 1 is 1.67 bits per heavy atom. The molecule has 0 saturated carbocycles. The smallest absolute Gasteiger partial charge is 0.119 e. The van der Waals surface area contributed by atoms with Crippen LogP contribution in [0.25, 0.3) is 0 Å². The maximum atomic E-state index is 4.02. The Hall–Kier alpha value is -0.900. The Bertz CT molecular complexity index is 240. The highest BCUT2D eigenvalue weighted by atomic mass is 32.1. The lowest BCUT2D eigenvalue weighted by Crippen LogP contribution is -2.03. The van der Waals surface area contributed by atoms with Crippen LogP contribution in [0.15, 0.2) is 11.2 Å². The number of fused-ring (bicyclic) bond motifs is 1. The second kappa shape index (κ2) is 1.80. The van der Waals surface area contributed by atoms with Crippen molar-refractivity contribution in [3.63, 3.8) is 0 Å². The predicted octanol–water partition coefficient (Wildman–Crippen LogP) is 0.945. The largest absolute Gasteiger partial charge is 0.356 e. The summed E-state index contributed by atoms with van der Waals surface area (Å²) in [5, 5.41) is 4.23. The molecule has 0 saturated heterocycles. The first-order valence-electron chi connectivity index (χ1n) is 2.65. The van der Waals surface area contributed by atoms with Crippen molar-refractivity contribution in [2.45, 2.75) is 0 Å². The third kappa shape index (κ3) is 0.712. The molecule has 2 heterocycles. The van der Waals surface area contributed by atoms with Crippen molar-refractivity contribution in [3.8, 4) is 0 Å². The van der Waals surface area contributed by atoms with E-state index >= 15 is 0 Å². The standard InChI is InChI=1S/C5H5N3S/c1-4-2-8-9-5(4)7-3-6-1/h1-2,7H,3H2. The Balaban J connectivity index is 2.53. The summed E-state index contributed by atoms with van der Waals surface area (Å²) in [6.07, 6.45) is 3.66. The molecule has 0 amide bonds. The number of anilines is 1. The molecule has 0 atom stereocenters. The molecule has 2 rings (SSSR count). The van der Waals surface area contributed by atoms with Crippen molar-refractivity contribution in [2.24, 2.45) is 4.99 Å². The zero-order chi connectivity index (χ0) is 6.10. The summed E-state index contributed by atoms with van der Waals surface area (Å²) in [6, 6.07) is 0. The Morgan fingerprint density at radius 3 is 3.56 bits per heavy atom. The van der Waals surface area contributed by atoms with E-state index in [2.05, 4.69) is 14.7 Å². The lowest BCUT2D eigenvalue weighted by Gasteiger charge is -2.03. The molecule has 0 fully saturated rings. The van der Waals surface area contributed by atoms with Crippen LogP contribution < -0.4 is 5.32 Å². The van der Waals surface area contributed by atoms with Gasteiger partial charge in [0.15, 0.2) is 0 Å². The number of rotatable bonds is 0. The summed E-state index contributed by atoms with van der Waals surface area (Å²) in [7, 11) is 0. The summed E-state index contributed by atoms with van der Waals surface area (Å²) in [5.74, 6) is 0. The first-order valence-corrected chi connectivity index (χ1v) is 3.42. The van der Waals surface area contributed by atoms with Gasteiger partial charge in [-0.25, -0.2) is 0 Å². The van der Waals surface area contributed by atoms with Crippen molar-refractivity contribution in [3.05, 3.63) is 11.8 Å². The molecule has 1 aromatic rings. The van der Waals surface area contributed by atoms with Crippen LogP contribution in [0.3, 0.4) is 0 Å². The Morgan fingerprint density at radius 2 is 2.67 bits per heavy atom. The molecule has 0 radical (unpaired) electrons. The Labute approximate surface area is 56.6 Å². The van der Waals surface area contributed by atoms with Crippen molar-refractivity contribution >= 4 is 22.7 Å². The predicted molar refractivity (Wildman–Crippen MR) is 38.2 cm³/mol. The first-order chi connectivity index (χ1) is 4.47. The number of nitrogens with one attached hydrogen (secondary N) is 1. The fraction of sp³-hybridized carbons (Fsp3) is 0.200. The lowest BCUT2D eigenvalue weighted by molar-refractivity contribution is 1.14. The van der Waals surface area contributed by atoms with Gasteiger partial charge >= 0.3 is 0 Å². The molecule has 46 valence electrons. The van der Waals surface area contributed by atoms with E-state index in [0.29, 0.717) is 6.67 Å². The van der Waals surface area contributed by atoms with Gasteiger partial charge < -0.3 is 5.32 Å². The molecule has 1 aliphatic rings. The molecule has 1 N–H and O–H groups in total. The van der Waals surface area contributed by atoms with Crippen molar-refractivity contribution in [1.82, 2.24) is 4.37 Å². The van der Waals surface area contributed by atoms with E-state index in [1.165, 1.54) is 11.5 Å². The maximum absolute atomic E-state index is 4.02. The zero-order valence-electron chi connectivity index (χ0n) is 4.66. The highest BCUT2D eigenvalue weighted by molar-refractivity contribution is 7.10. The average Bonchev–Trinajstić information content (AvgIpc) is 2.33. The van der Waals surface area contributed by atoms with E-state index in [1.807, 2.05) is 12.4 Å². The molecule has 9 heavy (non-hydrogen) atoms. The highest BCUT2D eigenvalue weighted by Crippen LogP contribution is 2.19. The van der Waals surface area contributed by atoms with Crippen LogP contribution in [0.2, 0.25) is 0 Å². The quantitative estimate of drug-likeness (QED) is 0.581. The molecule has 3 nitrogen and oxygen atoms in total. The van der Waals surface area contributed by atoms with Crippen LogP contribution in [0.4, 0.5) is 5.00 Å². The first kappa shape index (κ1) is 4.93. The van der Waals surface area contributed by atoms with Crippen molar-refractivity contribution in [2.75, 3.05) is 12.0 Å². The summed E-state index contributed by atoms with van der Waals surface area (Å²) in [6.45, 7) is 0.690. The molecule has 0 aliphatic carbocycles. The van der Waals surface area contributed by atoms with Crippen LogP contribution in [0.1, 0.15) is 5.56 Å². The molecule has 0 aromatic carbocycles. The fourth-order valence-corrected chi connectivity index (χ4v) is 1.35. The third-order valence-electron chi connectivity index (χ3n) is 1.16. The van der Waals surface area contributed by atoms with E-state index in [9.17, 15) is 0 Å². The molecule has 0 unspecified atom stereocenters. The monoisotopic (exact) mass is 139 g/mol. The minimum absolute atomic E-state index is 0.690. The summed E-state index contributed by atoms with van der Waals surface area (Å²) >= 11 is 1.47. The number of aromatic nitrogens is 1. The normalized spacial score (nSPS) is 14.7. The minimum atomic E-state index is 0.690. The number of hydrogen-bond acceptors (Lipinski definition) is 4. The minimum Gasteiger partial charge on any atom is -0.356 e. The average molecular weight is 139 g/mol. The van der Waals surface area contributed by atoms with Crippen LogP contribution in [0.5, 0.6) is 0 Å². The molecule has 4 heteroatoms. The number of hydrogen-bond donors (Lipinski definition) is 1. The van der Waals surface area contributed by atoms with E-state index in [0.717, 1.165) is 10.6 Å². The second-order valence-electron chi connectivity index (χ2n) is 1.76. The van der Waals surface area contributed by atoms with Crippen LogP contribution >= 0.6 is 11.5 Å². The van der Waals surface area contributed by atoms with Gasteiger partial charge in [-0.15, -0.1) is 0 Å². The SMILES string of the molecule is C1=NCNc2sncc21. The van der Waals surface area contributed by atoms with Gasteiger partial charge in [-0.1, -0.05) is 0 Å². The van der Waals surface area contributed by atoms with Gasteiger partial charge in [0, 0.05) is 11.8 Å². The van der Waals surface area contributed by atoms with Gasteiger partial charge in [-0.2, -0.15) is 4.37 Å². The maximum Gasteiger partial charge on any atom is 0.119 e. The van der Waals surface area contributed by atoms with Gasteiger partial charge in [0.25, 0.3) is 0 Å². The third-order valence-corrected chi connectivity index (χ3v) is 1.93. The van der Waals surface area contributed by atoms with Gasteiger partial charge in [-0.3, -0.25) is 4.99 Å². The molecule has 1 aliphatic heterocycles. The van der Waals surface area contributed by atoms with Gasteiger partial charge in [-0.05, 0) is 11.5 Å². The molecule has 0 spiro atoms. The fourth-order valence-electron chi connectivity index (χ4n) is 0.735. The second-order valence-corrected chi connectivity index (χ2v) is 2.56. The van der Waals surface area contributed by atoms with Gasteiger partial charge in [0.05, 0.1) is 6.20 Å². The van der Waals surface area contributed by atoms with E-state index in [-0.39, 0.29) is 0 Å². The molecule has 1 aromatic heterocycles. The zero-order valence-corrected chi connectivity index (χ0v) is 5.48. The topological polar surface area (TPSA) is 37.3 Å². The van der Waals surface area contributed by atoms with Crippen LogP contribution in [0, 0.1) is 0 Å². The van der Waals surface area contributed by atoms with Gasteiger partial charge in [0.2, 0.25) is 0 Å². The van der Waals surface area contributed by atoms with Crippen LogP contribution in [-0.4, -0.2) is 17.3 Å². The Kier molecular flexibility index (Phi) is 0.989. The number of nitrogens with zero attached hydrogens (tertiary/aromatic N) is 2. The van der Waals surface area contributed by atoms with E-state index in [4.69, 9.17) is 0 Å².